The SMILES string of the molecule is CC1=CC=C(NC(=O)C(CCCN)N=CC(C)N)CC1. The lowest BCUT2D eigenvalue weighted by Gasteiger charge is -2.17. The number of nitrogens with zero attached hydrogens (tertiary/aromatic N) is 1. The van der Waals surface area contributed by atoms with Crippen molar-refractivity contribution in [1.82, 2.24) is 5.32 Å². The molecule has 5 heteroatoms. The summed E-state index contributed by atoms with van der Waals surface area (Å²) in [5, 5.41) is 2.95. The first-order valence-corrected chi connectivity index (χ1v) is 7.19. The molecule has 0 saturated carbocycles. The van der Waals surface area contributed by atoms with Gasteiger partial charge in [-0.15, -0.1) is 0 Å². The van der Waals surface area contributed by atoms with Crippen LogP contribution in [-0.4, -0.2) is 30.8 Å². The molecule has 0 saturated heterocycles. The molecule has 0 aromatic carbocycles. The molecule has 1 aliphatic carbocycles. The van der Waals surface area contributed by atoms with Gasteiger partial charge in [-0.25, -0.2) is 0 Å². The Hall–Kier alpha value is -1.46. The highest BCUT2D eigenvalue weighted by Crippen LogP contribution is 2.16. The molecule has 1 rings (SSSR count). The zero-order valence-corrected chi connectivity index (χ0v) is 12.4. The number of allylic oxidation sites excluding steroid dienone is 4. The van der Waals surface area contributed by atoms with Crippen molar-refractivity contribution in [3.8, 4) is 0 Å². The Morgan fingerprint density at radius 3 is 2.80 bits per heavy atom. The fraction of sp³-hybridized carbons (Fsp3) is 0.600. The van der Waals surface area contributed by atoms with Crippen LogP contribution in [0.2, 0.25) is 0 Å². The largest absolute Gasteiger partial charge is 0.330 e. The van der Waals surface area contributed by atoms with Gasteiger partial charge in [0, 0.05) is 18.0 Å². The lowest BCUT2D eigenvalue weighted by Crippen LogP contribution is -2.34. The maximum atomic E-state index is 12.2. The van der Waals surface area contributed by atoms with Gasteiger partial charge in [0.2, 0.25) is 5.91 Å². The van der Waals surface area contributed by atoms with Crippen molar-refractivity contribution < 1.29 is 4.79 Å². The second-order valence-electron chi connectivity index (χ2n) is 5.30. The molecule has 5 nitrogen and oxygen atoms in total. The maximum absolute atomic E-state index is 12.2. The lowest BCUT2D eigenvalue weighted by molar-refractivity contribution is -0.121. The van der Waals surface area contributed by atoms with Crippen LogP contribution >= 0.6 is 0 Å². The van der Waals surface area contributed by atoms with Crippen LogP contribution in [0.4, 0.5) is 0 Å². The van der Waals surface area contributed by atoms with Crippen LogP contribution in [0, 0.1) is 0 Å². The summed E-state index contributed by atoms with van der Waals surface area (Å²) >= 11 is 0. The number of aliphatic imine (C=N–C) groups is 1. The summed E-state index contributed by atoms with van der Waals surface area (Å²) in [6.07, 6.45) is 8.91. The third-order valence-corrected chi connectivity index (χ3v) is 3.13. The van der Waals surface area contributed by atoms with Crippen molar-refractivity contribution in [2.75, 3.05) is 6.54 Å². The average Bonchev–Trinajstić information content (AvgIpc) is 2.41. The third kappa shape index (κ3) is 6.12. The van der Waals surface area contributed by atoms with Crippen molar-refractivity contribution in [2.24, 2.45) is 16.5 Å². The molecule has 0 spiro atoms. The minimum atomic E-state index is -0.405. The summed E-state index contributed by atoms with van der Waals surface area (Å²) in [7, 11) is 0. The third-order valence-electron chi connectivity index (χ3n) is 3.13. The number of nitrogens with one attached hydrogen (secondary N) is 1. The Kier molecular flexibility index (Phi) is 7.18. The highest BCUT2D eigenvalue weighted by Gasteiger charge is 2.18. The van der Waals surface area contributed by atoms with E-state index in [0.29, 0.717) is 13.0 Å². The quantitative estimate of drug-likeness (QED) is 0.612. The topological polar surface area (TPSA) is 93.5 Å². The van der Waals surface area contributed by atoms with Gasteiger partial charge in [-0.3, -0.25) is 9.79 Å². The Bertz CT molecular complexity index is 410. The number of amides is 1. The molecule has 2 atom stereocenters. The molecule has 0 fully saturated rings. The second-order valence-corrected chi connectivity index (χ2v) is 5.30. The molecule has 0 aliphatic heterocycles. The van der Waals surface area contributed by atoms with E-state index in [1.807, 2.05) is 19.1 Å². The van der Waals surface area contributed by atoms with Gasteiger partial charge < -0.3 is 16.8 Å². The van der Waals surface area contributed by atoms with E-state index in [4.69, 9.17) is 11.5 Å². The molecule has 0 heterocycles. The monoisotopic (exact) mass is 278 g/mol. The Morgan fingerprint density at radius 1 is 1.50 bits per heavy atom. The van der Waals surface area contributed by atoms with Gasteiger partial charge in [-0.05, 0) is 52.2 Å². The summed E-state index contributed by atoms with van der Waals surface area (Å²) in [6, 6.07) is -0.555. The predicted octanol–water partition coefficient (Wildman–Crippen LogP) is 1.25. The molecular formula is C15H26N4O. The minimum Gasteiger partial charge on any atom is -0.330 e. The first-order valence-electron chi connectivity index (χ1n) is 7.19. The summed E-state index contributed by atoms with van der Waals surface area (Å²) in [5.74, 6) is -0.0745. The van der Waals surface area contributed by atoms with Crippen LogP contribution in [-0.2, 0) is 4.79 Å². The number of carbonyl (C=O) groups is 1. The summed E-state index contributed by atoms with van der Waals surface area (Å²) in [5.41, 5.74) is 13.4. The fourth-order valence-electron chi connectivity index (χ4n) is 1.91. The Labute approximate surface area is 121 Å². The zero-order valence-electron chi connectivity index (χ0n) is 12.4. The first-order chi connectivity index (χ1) is 9.52. The van der Waals surface area contributed by atoms with E-state index in [2.05, 4.69) is 17.2 Å². The molecule has 20 heavy (non-hydrogen) atoms. The number of carbonyl (C=O) groups excluding carboxylic acids is 1. The van der Waals surface area contributed by atoms with Crippen LogP contribution < -0.4 is 16.8 Å². The van der Waals surface area contributed by atoms with E-state index in [0.717, 1.165) is 25.0 Å². The molecule has 5 N–H and O–H groups in total. The summed E-state index contributed by atoms with van der Waals surface area (Å²) in [6.45, 7) is 4.48. The van der Waals surface area contributed by atoms with E-state index in [1.54, 1.807) is 6.21 Å². The number of rotatable bonds is 7. The van der Waals surface area contributed by atoms with E-state index in [1.165, 1.54) is 5.57 Å². The van der Waals surface area contributed by atoms with Crippen molar-refractivity contribution in [3.05, 3.63) is 23.4 Å². The van der Waals surface area contributed by atoms with Gasteiger partial charge in [-0.1, -0.05) is 11.6 Å². The molecule has 1 aliphatic rings. The van der Waals surface area contributed by atoms with Gasteiger partial charge in [-0.2, -0.15) is 0 Å². The van der Waals surface area contributed by atoms with Crippen molar-refractivity contribution in [1.29, 1.82) is 0 Å². The average molecular weight is 278 g/mol. The minimum absolute atomic E-state index is 0.0745. The van der Waals surface area contributed by atoms with Crippen LogP contribution in [0.15, 0.2) is 28.4 Å². The number of hydrogen-bond acceptors (Lipinski definition) is 4. The predicted molar refractivity (Wildman–Crippen MR) is 83.4 cm³/mol. The first kappa shape index (κ1) is 16.6. The fourth-order valence-corrected chi connectivity index (χ4v) is 1.91. The molecule has 112 valence electrons. The lowest BCUT2D eigenvalue weighted by atomic mass is 10.0. The van der Waals surface area contributed by atoms with Crippen molar-refractivity contribution >= 4 is 12.1 Å². The highest BCUT2D eigenvalue weighted by atomic mass is 16.2. The highest BCUT2D eigenvalue weighted by molar-refractivity contribution is 5.85. The summed E-state index contributed by atoms with van der Waals surface area (Å²) in [4.78, 5) is 16.5. The Balaban J connectivity index is 2.62. The van der Waals surface area contributed by atoms with Crippen LogP contribution in [0.25, 0.3) is 0 Å². The van der Waals surface area contributed by atoms with E-state index >= 15 is 0 Å². The van der Waals surface area contributed by atoms with Crippen molar-refractivity contribution in [3.63, 3.8) is 0 Å². The number of hydrogen-bond donors (Lipinski definition) is 3. The Morgan fingerprint density at radius 2 is 2.25 bits per heavy atom. The van der Waals surface area contributed by atoms with E-state index in [-0.39, 0.29) is 11.9 Å². The van der Waals surface area contributed by atoms with Gasteiger partial charge >= 0.3 is 0 Å². The molecule has 1 amide bonds. The zero-order chi connectivity index (χ0) is 15.0. The maximum Gasteiger partial charge on any atom is 0.248 e. The van der Waals surface area contributed by atoms with E-state index in [9.17, 15) is 4.79 Å². The van der Waals surface area contributed by atoms with Gasteiger partial charge in [0.25, 0.3) is 0 Å². The summed E-state index contributed by atoms with van der Waals surface area (Å²) < 4.78 is 0. The molecule has 0 aromatic heterocycles. The van der Waals surface area contributed by atoms with Crippen LogP contribution in [0.3, 0.4) is 0 Å². The second kappa shape index (κ2) is 8.66. The van der Waals surface area contributed by atoms with Crippen LogP contribution in [0.5, 0.6) is 0 Å². The molecule has 0 bridgehead atoms. The molecule has 2 unspecified atom stereocenters. The standard InChI is InChI=1S/C15H26N4O/c1-11-5-7-13(8-6-11)19-15(20)14(4-3-9-16)18-10-12(2)17/h5,7,10,12,14H,3-4,6,8-9,16-17H2,1-2H3,(H,19,20). The number of nitrogens with two attached hydrogens (primary N) is 2. The molecular weight excluding hydrogens is 252 g/mol. The van der Waals surface area contributed by atoms with Gasteiger partial charge in [0.05, 0.1) is 0 Å². The molecule has 0 radical (unpaired) electrons. The van der Waals surface area contributed by atoms with E-state index < -0.39 is 6.04 Å². The smallest absolute Gasteiger partial charge is 0.248 e. The van der Waals surface area contributed by atoms with Gasteiger partial charge in [0.1, 0.15) is 6.04 Å². The van der Waals surface area contributed by atoms with Gasteiger partial charge in [0.15, 0.2) is 0 Å². The normalized spacial score (nSPS) is 18.4. The molecule has 0 aromatic rings. The van der Waals surface area contributed by atoms with Crippen LogP contribution in [0.1, 0.15) is 39.5 Å². The van der Waals surface area contributed by atoms with Crippen molar-refractivity contribution in [2.45, 2.75) is 51.6 Å².